The summed E-state index contributed by atoms with van der Waals surface area (Å²) in [4.78, 5) is 25.5. The topological polar surface area (TPSA) is 78.9 Å². The SMILES string of the molecule is CC(CN1CCOCC1)NC(=O)[C@H]1[C@@H](C(=O)O)C1(C)C. The Hall–Kier alpha value is -1.14. The van der Waals surface area contributed by atoms with Crippen molar-refractivity contribution < 1.29 is 19.4 Å². The maximum Gasteiger partial charge on any atom is 0.307 e. The van der Waals surface area contributed by atoms with E-state index in [1.807, 2.05) is 20.8 Å². The van der Waals surface area contributed by atoms with Crippen LogP contribution in [0.4, 0.5) is 0 Å². The maximum atomic E-state index is 12.2. The number of nitrogens with zero attached hydrogens (tertiary/aromatic N) is 1. The predicted octanol–water partition coefficient (Wildman–Crippen LogP) is 0.180. The van der Waals surface area contributed by atoms with E-state index in [-0.39, 0.29) is 11.9 Å². The van der Waals surface area contributed by atoms with Crippen LogP contribution in [0.1, 0.15) is 20.8 Å². The minimum absolute atomic E-state index is 0.0199. The summed E-state index contributed by atoms with van der Waals surface area (Å²) in [6, 6.07) is 0.0199. The molecule has 6 nitrogen and oxygen atoms in total. The highest BCUT2D eigenvalue weighted by Crippen LogP contribution is 2.58. The Morgan fingerprint density at radius 3 is 2.45 bits per heavy atom. The van der Waals surface area contributed by atoms with Crippen LogP contribution in [-0.4, -0.2) is 60.8 Å². The number of rotatable bonds is 5. The third-order valence-electron chi connectivity index (χ3n) is 4.40. The Morgan fingerprint density at radius 1 is 1.35 bits per heavy atom. The summed E-state index contributed by atoms with van der Waals surface area (Å²) in [7, 11) is 0. The second-order valence-electron chi connectivity index (χ2n) is 6.44. The molecule has 1 aliphatic heterocycles. The minimum Gasteiger partial charge on any atom is -0.481 e. The van der Waals surface area contributed by atoms with Crippen molar-refractivity contribution >= 4 is 11.9 Å². The Morgan fingerprint density at radius 2 is 1.95 bits per heavy atom. The van der Waals surface area contributed by atoms with Gasteiger partial charge in [0, 0.05) is 25.7 Å². The van der Waals surface area contributed by atoms with Gasteiger partial charge in [-0.25, -0.2) is 0 Å². The molecule has 1 heterocycles. The van der Waals surface area contributed by atoms with Crippen LogP contribution < -0.4 is 5.32 Å². The first-order chi connectivity index (χ1) is 9.34. The average Bonchev–Trinajstić information content (AvgIpc) is 2.93. The van der Waals surface area contributed by atoms with Crippen molar-refractivity contribution in [2.24, 2.45) is 17.3 Å². The van der Waals surface area contributed by atoms with Crippen LogP contribution in [0.5, 0.6) is 0 Å². The van der Waals surface area contributed by atoms with Gasteiger partial charge in [0.2, 0.25) is 5.91 Å². The van der Waals surface area contributed by atoms with Gasteiger partial charge in [0.15, 0.2) is 0 Å². The molecule has 2 fully saturated rings. The molecule has 0 bridgehead atoms. The summed E-state index contributed by atoms with van der Waals surface area (Å²) < 4.78 is 5.28. The van der Waals surface area contributed by atoms with Crippen molar-refractivity contribution in [1.82, 2.24) is 10.2 Å². The third-order valence-corrected chi connectivity index (χ3v) is 4.40. The number of carbonyl (C=O) groups is 2. The van der Waals surface area contributed by atoms with Gasteiger partial charge in [0.05, 0.1) is 25.0 Å². The second-order valence-corrected chi connectivity index (χ2v) is 6.44. The number of carbonyl (C=O) groups excluding carboxylic acids is 1. The molecule has 20 heavy (non-hydrogen) atoms. The van der Waals surface area contributed by atoms with E-state index in [9.17, 15) is 9.59 Å². The molecule has 0 aromatic rings. The van der Waals surface area contributed by atoms with E-state index in [4.69, 9.17) is 9.84 Å². The van der Waals surface area contributed by atoms with Crippen LogP contribution in [0.2, 0.25) is 0 Å². The Kier molecular flexibility index (Phi) is 4.34. The van der Waals surface area contributed by atoms with Gasteiger partial charge < -0.3 is 15.2 Å². The zero-order valence-electron chi connectivity index (χ0n) is 12.4. The molecule has 0 radical (unpaired) electrons. The van der Waals surface area contributed by atoms with E-state index in [0.717, 1.165) is 32.8 Å². The number of hydrogen-bond donors (Lipinski definition) is 2. The molecule has 2 aliphatic rings. The van der Waals surface area contributed by atoms with Gasteiger partial charge >= 0.3 is 5.97 Å². The summed E-state index contributed by atoms with van der Waals surface area (Å²) in [6.45, 7) is 9.64. The molecule has 6 heteroatoms. The van der Waals surface area contributed by atoms with Gasteiger partial charge in [0.25, 0.3) is 0 Å². The molecule has 0 aromatic heterocycles. The van der Waals surface area contributed by atoms with Crippen LogP contribution in [0, 0.1) is 17.3 Å². The molecular weight excluding hydrogens is 260 g/mol. The van der Waals surface area contributed by atoms with Crippen molar-refractivity contribution in [1.29, 1.82) is 0 Å². The predicted molar refractivity (Wildman–Crippen MR) is 73.3 cm³/mol. The summed E-state index contributed by atoms with van der Waals surface area (Å²) in [5.41, 5.74) is -0.436. The largest absolute Gasteiger partial charge is 0.481 e. The van der Waals surface area contributed by atoms with Crippen LogP contribution in [-0.2, 0) is 14.3 Å². The zero-order valence-corrected chi connectivity index (χ0v) is 12.4. The summed E-state index contributed by atoms with van der Waals surface area (Å²) in [5, 5.41) is 12.0. The number of hydrogen-bond acceptors (Lipinski definition) is 4. The fraction of sp³-hybridized carbons (Fsp3) is 0.857. The highest BCUT2D eigenvalue weighted by atomic mass is 16.5. The quantitative estimate of drug-likeness (QED) is 0.753. The molecule has 3 atom stereocenters. The van der Waals surface area contributed by atoms with E-state index in [1.54, 1.807) is 0 Å². The normalized spacial score (nSPS) is 30.6. The van der Waals surface area contributed by atoms with Crippen LogP contribution >= 0.6 is 0 Å². The fourth-order valence-electron chi connectivity index (χ4n) is 3.14. The minimum atomic E-state index is -0.879. The highest BCUT2D eigenvalue weighted by molar-refractivity contribution is 5.91. The smallest absolute Gasteiger partial charge is 0.307 e. The number of morpholine rings is 1. The number of nitrogens with one attached hydrogen (secondary N) is 1. The molecule has 1 amide bonds. The fourth-order valence-corrected chi connectivity index (χ4v) is 3.14. The molecule has 114 valence electrons. The van der Waals surface area contributed by atoms with Crippen molar-refractivity contribution in [3.05, 3.63) is 0 Å². The molecular formula is C14H24N2O4. The van der Waals surface area contributed by atoms with Gasteiger partial charge in [-0.1, -0.05) is 13.8 Å². The van der Waals surface area contributed by atoms with Gasteiger partial charge in [-0.3, -0.25) is 14.5 Å². The summed E-state index contributed by atoms with van der Waals surface area (Å²) in [6.07, 6.45) is 0. The monoisotopic (exact) mass is 284 g/mol. The standard InChI is InChI=1S/C14H24N2O4/c1-9(8-16-4-6-20-7-5-16)15-12(17)10-11(13(18)19)14(10,2)3/h9-11H,4-8H2,1-3H3,(H,15,17)(H,18,19)/t9?,10-,11+/m1/s1. The number of ether oxygens (including phenoxy) is 1. The number of carboxylic acid groups (broad SMARTS) is 1. The van der Waals surface area contributed by atoms with E-state index >= 15 is 0 Å². The molecule has 0 spiro atoms. The van der Waals surface area contributed by atoms with Crippen molar-refractivity contribution in [2.45, 2.75) is 26.8 Å². The van der Waals surface area contributed by atoms with Crippen LogP contribution in [0.3, 0.4) is 0 Å². The van der Waals surface area contributed by atoms with E-state index in [1.165, 1.54) is 0 Å². The molecule has 2 rings (SSSR count). The first kappa shape index (κ1) is 15.3. The summed E-state index contributed by atoms with van der Waals surface area (Å²) >= 11 is 0. The number of amides is 1. The van der Waals surface area contributed by atoms with Gasteiger partial charge in [-0.2, -0.15) is 0 Å². The lowest BCUT2D eigenvalue weighted by Gasteiger charge is -2.29. The molecule has 0 aromatic carbocycles. The number of carboxylic acids is 1. The Balaban J connectivity index is 1.81. The first-order valence-electron chi connectivity index (χ1n) is 7.17. The molecule has 1 saturated heterocycles. The molecule has 1 saturated carbocycles. The van der Waals surface area contributed by atoms with Gasteiger partial charge in [-0.15, -0.1) is 0 Å². The van der Waals surface area contributed by atoms with Gasteiger partial charge in [0.1, 0.15) is 0 Å². The van der Waals surface area contributed by atoms with E-state index in [2.05, 4.69) is 10.2 Å². The van der Waals surface area contributed by atoms with Crippen LogP contribution in [0.25, 0.3) is 0 Å². The molecule has 2 N–H and O–H groups in total. The van der Waals surface area contributed by atoms with Crippen molar-refractivity contribution in [2.75, 3.05) is 32.8 Å². The molecule has 1 aliphatic carbocycles. The van der Waals surface area contributed by atoms with Crippen molar-refractivity contribution in [3.63, 3.8) is 0 Å². The van der Waals surface area contributed by atoms with Crippen LogP contribution in [0.15, 0.2) is 0 Å². The second kappa shape index (κ2) is 5.69. The zero-order chi connectivity index (χ0) is 14.9. The highest BCUT2D eigenvalue weighted by Gasteiger charge is 2.65. The number of aliphatic carboxylic acids is 1. The lowest BCUT2D eigenvalue weighted by molar-refractivity contribution is -0.140. The molecule has 1 unspecified atom stereocenters. The van der Waals surface area contributed by atoms with E-state index < -0.39 is 23.2 Å². The Labute approximate surface area is 119 Å². The van der Waals surface area contributed by atoms with Gasteiger partial charge in [-0.05, 0) is 12.3 Å². The van der Waals surface area contributed by atoms with Crippen molar-refractivity contribution in [3.8, 4) is 0 Å². The maximum absolute atomic E-state index is 12.2. The third kappa shape index (κ3) is 3.12. The first-order valence-corrected chi connectivity index (χ1v) is 7.17. The van der Waals surface area contributed by atoms with E-state index in [0.29, 0.717) is 0 Å². The Bertz CT molecular complexity index is 391. The lowest BCUT2D eigenvalue weighted by atomic mass is 10.1. The summed E-state index contributed by atoms with van der Waals surface area (Å²) in [5.74, 6) is -1.98. The lowest BCUT2D eigenvalue weighted by Crippen LogP contribution is -2.46. The average molecular weight is 284 g/mol.